The van der Waals surface area contributed by atoms with Gasteiger partial charge < -0.3 is 20.1 Å². The molecule has 1 amide bonds. The van der Waals surface area contributed by atoms with Crippen molar-refractivity contribution in [2.45, 2.75) is 18.9 Å². The predicted octanol–water partition coefficient (Wildman–Crippen LogP) is 2.94. The lowest BCUT2D eigenvalue weighted by molar-refractivity contribution is -0.117. The van der Waals surface area contributed by atoms with Crippen LogP contribution in [0, 0.1) is 0 Å². The molecule has 8 heteroatoms. The molecule has 0 bridgehead atoms. The van der Waals surface area contributed by atoms with Crippen LogP contribution >= 0.6 is 23.7 Å². The number of carbonyl (C=O) groups excluding carboxylic acids is 1. The Bertz CT molecular complexity index is 702. The Morgan fingerprint density at radius 3 is 2.88 bits per heavy atom. The quantitative estimate of drug-likeness (QED) is 0.847. The molecule has 0 radical (unpaired) electrons. The van der Waals surface area contributed by atoms with Crippen LogP contribution in [-0.2, 0) is 4.79 Å². The second kappa shape index (κ2) is 8.32. The van der Waals surface area contributed by atoms with Crippen molar-refractivity contribution >= 4 is 34.8 Å². The maximum absolute atomic E-state index is 12.1. The van der Waals surface area contributed by atoms with E-state index in [0.717, 1.165) is 36.4 Å². The van der Waals surface area contributed by atoms with Crippen molar-refractivity contribution in [1.29, 1.82) is 0 Å². The molecule has 130 valence electrons. The third kappa shape index (κ3) is 3.98. The fraction of sp³-hybridized carbons (Fsp3) is 0.375. The van der Waals surface area contributed by atoms with Crippen LogP contribution in [0.25, 0.3) is 11.3 Å². The SMILES string of the molecule is COc1ccc(OC)c(-c2csc(NC(=O)C3CCCN3)n2)c1.Cl. The molecule has 1 fully saturated rings. The molecule has 1 aromatic heterocycles. The van der Waals surface area contributed by atoms with Crippen molar-refractivity contribution in [2.24, 2.45) is 0 Å². The molecule has 1 unspecified atom stereocenters. The summed E-state index contributed by atoms with van der Waals surface area (Å²) in [6, 6.07) is 5.43. The average Bonchev–Trinajstić information content (AvgIpc) is 3.26. The second-order valence-corrected chi connectivity index (χ2v) is 6.10. The van der Waals surface area contributed by atoms with Gasteiger partial charge in [-0.1, -0.05) is 0 Å². The number of rotatable bonds is 5. The minimum Gasteiger partial charge on any atom is -0.497 e. The molecule has 1 aromatic carbocycles. The van der Waals surface area contributed by atoms with E-state index < -0.39 is 0 Å². The Labute approximate surface area is 151 Å². The van der Waals surface area contributed by atoms with Gasteiger partial charge in [-0.2, -0.15) is 0 Å². The summed E-state index contributed by atoms with van der Waals surface area (Å²) in [5.41, 5.74) is 1.59. The standard InChI is InChI=1S/C16H19N3O3S.ClH/c1-21-10-5-6-14(22-2)11(8-10)13-9-23-16(18-13)19-15(20)12-4-3-7-17-12;/h5-6,8-9,12,17H,3-4,7H2,1-2H3,(H,18,19,20);1H. The number of amides is 1. The normalized spacial score (nSPS) is 16.3. The lowest BCUT2D eigenvalue weighted by atomic mass is 10.1. The number of aromatic nitrogens is 1. The third-order valence-electron chi connectivity index (χ3n) is 3.79. The zero-order valence-electron chi connectivity index (χ0n) is 13.5. The van der Waals surface area contributed by atoms with Gasteiger partial charge in [0.25, 0.3) is 0 Å². The summed E-state index contributed by atoms with van der Waals surface area (Å²) in [4.78, 5) is 16.6. The molecule has 2 heterocycles. The molecule has 24 heavy (non-hydrogen) atoms. The van der Waals surface area contributed by atoms with Crippen LogP contribution in [0.4, 0.5) is 5.13 Å². The van der Waals surface area contributed by atoms with Crippen LogP contribution in [-0.4, -0.2) is 37.7 Å². The minimum atomic E-state index is -0.117. The number of nitrogens with zero attached hydrogens (tertiary/aromatic N) is 1. The molecule has 1 saturated heterocycles. The summed E-state index contributed by atoms with van der Waals surface area (Å²) < 4.78 is 10.6. The van der Waals surface area contributed by atoms with Gasteiger partial charge in [0.2, 0.25) is 5.91 Å². The smallest absolute Gasteiger partial charge is 0.243 e. The van der Waals surface area contributed by atoms with Gasteiger partial charge in [-0.05, 0) is 37.6 Å². The van der Waals surface area contributed by atoms with E-state index in [9.17, 15) is 4.79 Å². The Morgan fingerprint density at radius 2 is 2.21 bits per heavy atom. The van der Waals surface area contributed by atoms with Crippen molar-refractivity contribution < 1.29 is 14.3 Å². The zero-order chi connectivity index (χ0) is 16.2. The van der Waals surface area contributed by atoms with Crippen molar-refractivity contribution in [3.8, 4) is 22.8 Å². The van der Waals surface area contributed by atoms with Crippen LogP contribution in [0.1, 0.15) is 12.8 Å². The van der Waals surface area contributed by atoms with Gasteiger partial charge in [0.15, 0.2) is 5.13 Å². The molecule has 3 rings (SSSR count). The molecule has 0 aliphatic carbocycles. The molecule has 0 spiro atoms. The van der Waals surface area contributed by atoms with Crippen LogP contribution in [0.3, 0.4) is 0 Å². The first-order chi connectivity index (χ1) is 11.2. The highest BCUT2D eigenvalue weighted by atomic mass is 35.5. The van der Waals surface area contributed by atoms with Crippen LogP contribution < -0.4 is 20.1 Å². The number of benzene rings is 1. The number of nitrogens with one attached hydrogen (secondary N) is 2. The van der Waals surface area contributed by atoms with Gasteiger partial charge >= 0.3 is 0 Å². The molecule has 1 aliphatic rings. The number of methoxy groups -OCH3 is 2. The largest absolute Gasteiger partial charge is 0.497 e. The van der Waals surface area contributed by atoms with Gasteiger partial charge in [-0.25, -0.2) is 4.98 Å². The lowest BCUT2D eigenvalue weighted by Crippen LogP contribution is -2.35. The van der Waals surface area contributed by atoms with E-state index in [1.165, 1.54) is 11.3 Å². The van der Waals surface area contributed by atoms with E-state index in [2.05, 4.69) is 15.6 Å². The van der Waals surface area contributed by atoms with Crippen LogP contribution in [0.2, 0.25) is 0 Å². The molecule has 2 N–H and O–H groups in total. The van der Waals surface area contributed by atoms with Gasteiger partial charge in [-0.15, -0.1) is 23.7 Å². The van der Waals surface area contributed by atoms with Crippen molar-refractivity contribution in [1.82, 2.24) is 10.3 Å². The van der Waals surface area contributed by atoms with E-state index in [1.807, 2.05) is 23.6 Å². The number of thiazole rings is 1. The van der Waals surface area contributed by atoms with Gasteiger partial charge in [0, 0.05) is 10.9 Å². The third-order valence-corrected chi connectivity index (χ3v) is 4.55. The molecule has 0 saturated carbocycles. The van der Waals surface area contributed by atoms with Crippen molar-refractivity contribution in [3.63, 3.8) is 0 Å². The Hall–Kier alpha value is -1.83. The topological polar surface area (TPSA) is 72.5 Å². The van der Waals surface area contributed by atoms with E-state index in [1.54, 1.807) is 14.2 Å². The molecule has 2 aromatic rings. The summed E-state index contributed by atoms with van der Waals surface area (Å²) in [5, 5.41) is 8.54. The fourth-order valence-corrected chi connectivity index (χ4v) is 3.28. The first-order valence-electron chi connectivity index (χ1n) is 7.43. The summed E-state index contributed by atoms with van der Waals surface area (Å²) in [7, 11) is 3.24. The van der Waals surface area contributed by atoms with Gasteiger partial charge in [0.1, 0.15) is 11.5 Å². The van der Waals surface area contributed by atoms with Crippen LogP contribution in [0.15, 0.2) is 23.6 Å². The minimum absolute atomic E-state index is 0. The maximum atomic E-state index is 12.1. The van der Waals surface area contributed by atoms with Crippen LogP contribution in [0.5, 0.6) is 11.5 Å². The molecule has 1 atom stereocenters. The van der Waals surface area contributed by atoms with Gasteiger partial charge in [0.05, 0.1) is 26.0 Å². The number of carbonyl (C=O) groups is 1. The Balaban J connectivity index is 0.00000208. The zero-order valence-corrected chi connectivity index (χ0v) is 15.1. The number of hydrogen-bond acceptors (Lipinski definition) is 6. The summed E-state index contributed by atoms with van der Waals surface area (Å²) in [5.74, 6) is 1.42. The molecule has 1 aliphatic heterocycles. The average molecular weight is 370 g/mol. The Morgan fingerprint density at radius 1 is 1.38 bits per heavy atom. The molecular weight excluding hydrogens is 350 g/mol. The highest BCUT2D eigenvalue weighted by Crippen LogP contribution is 2.35. The van der Waals surface area contributed by atoms with E-state index in [4.69, 9.17) is 9.47 Å². The maximum Gasteiger partial charge on any atom is 0.243 e. The monoisotopic (exact) mass is 369 g/mol. The highest BCUT2D eigenvalue weighted by molar-refractivity contribution is 7.14. The van der Waals surface area contributed by atoms with Crippen molar-refractivity contribution in [3.05, 3.63) is 23.6 Å². The molecule has 6 nitrogen and oxygen atoms in total. The molecular formula is C16H20ClN3O3S. The van der Waals surface area contributed by atoms with Gasteiger partial charge in [-0.3, -0.25) is 4.79 Å². The summed E-state index contributed by atoms with van der Waals surface area (Å²) in [6.07, 6.45) is 1.90. The second-order valence-electron chi connectivity index (χ2n) is 5.24. The first kappa shape index (κ1) is 18.5. The first-order valence-corrected chi connectivity index (χ1v) is 8.31. The van der Waals surface area contributed by atoms with E-state index >= 15 is 0 Å². The number of ether oxygens (including phenoxy) is 2. The number of halogens is 1. The van der Waals surface area contributed by atoms with E-state index in [-0.39, 0.29) is 24.4 Å². The van der Waals surface area contributed by atoms with Crippen molar-refractivity contribution in [2.75, 3.05) is 26.1 Å². The number of anilines is 1. The Kier molecular flexibility index (Phi) is 6.42. The van der Waals surface area contributed by atoms with E-state index in [0.29, 0.717) is 10.9 Å². The summed E-state index contributed by atoms with van der Waals surface area (Å²) >= 11 is 1.40. The number of hydrogen-bond donors (Lipinski definition) is 2. The highest BCUT2D eigenvalue weighted by Gasteiger charge is 2.23. The summed E-state index contributed by atoms with van der Waals surface area (Å²) in [6.45, 7) is 0.891. The predicted molar refractivity (Wildman–Crippen MR) is 97.6 cm³/mol. The lowest BCUT2D eigenvalue weighted by Gasteiger charge is -2.09. The fourth-order valence-electron chi connectivity index (χ4n) is 2.57.